The molecule has 182 valence electrons. The smallest absolute Gasteiger partial charge is 0.322 e. The lowest BCUT2D eigenvalue weighted by Crippen LogP contribution is -2.50. The SMILES string of the molecule is Cc1ccc(C2NC(=O)N(C)C3=C2C(=O)N(C(Cc2ccccc2)C(=O)N2CCCC2)C3)c(C)c1. The number of carbonyl (C=O) groups excluding carboxylic acids is 3. The summed E-state index contributed by atoms with van der Waals surface area (Å²) in [5.41, 5.74) is 5.30. The van der Waals surface area contributed by atoms with Gasteiger partial charge in [-0.2, -0.15) is 0 Å². The molecule has 2 unspecified atom stereocenters. The Kier molecular flexibility index (Phi) is 6.09. The molecule has 1 N–H and O–H groups in total. The molecule has 2 aromatic rings. The molecule has 1 saturated heterocycles. The number of urea groups is 1. The summed E-state index contributed by atoms with van der Waals surface area (Å²) < 4.78 is 0. The first-order valence-electron chi connectivity index (χ1n) is 12.3. The van der Waals surface area contributed by atoms with Gasteiger partial charge >= 0.3 is 6.03 Å². The summed E-state index contributed by atoms with van der Waals surface area (Å²) in [6, 6.07) is 14.5. The van der Waals surface area contributed by atoms with Crippen molar-refractivity contribution in [3.63, 3.8) is 0 Å². The van der Waals surface area contributed by atoms with Crippen LogP contribution < -0.4 is 5.32 Å². The van der Waals surface area contributed by atoms with Gasteiger partial charge in [0.2, 0.25) is 5.91 Å². The Labute approximate surface area is 206 Å². The van der Waals surface area contributed by atoms with Crippen LogP contribution in [0.1, 0.15) is 41.1 Å². The molecule has 4 amide bonds. The monoisotopic (exact) mass is 472 g/mol. The van der Waals surface area contributed by atoms with Gasteiger partial charge in [-0.3, -0.25) is 14.5 Å². The van der Waals surface area contributed by atoms with Crippen molar-refractivity contribution < 1.29 is 14.4 Å². The molecule has 7 heteroatoms. The third-order valence-corrected chi connectivity index (χ3v) is 7.48. The minimum atomic E-state index is -0.614. The number of likely N-dealkylation sites (N-methyl/N-ethyl adjacent to an activating group) is 1. The van der Waals surface area contributed by atoms with Crippen LogP contribution in [0.3, 0.4) is 0 Å². The molecule has 3 aliphatic heterocycles. The highest BCUT2D eigenvalue weighted by atomic mass is 16.2. The van der Waals surface area contributed by atoms with E-state index in [0.717, 1.165) is 48.2 Å². The maximum absolute atomic E-state index is 14.0. The summed E-state index contributed by atoms with van der Waals surface area (Å²) in [7, 11) is 1.69. The predicted molar refractivity (Wildman–Crippen MR) is 133 cm³/mol. The molecular weight excluding hydrogens is 440 g/mol. The number of carbonyl (C=O) groups is 3. The molecule has 3 aliphatic rings. The van der Waals surface area contributed by atoms with Gasteiger partial charge in [-0.15, -0.1) is 0 Å². The Hall–Kier alpha value is -3.61. The van der Waals surface area contributed by atoms with E-state index in [1.165, 1.54) is 4.90 Å². The van der Waals surface area contributed by atoms with Crippen molar-refractivity contribution in [1.82, 2.24) is 20.0 Å². The lowest BCUT2D eigenvalue weighted by atomic mass is 9.91. The molecule has 2 atom stereocenters. The predicted octanol–water partition coefficient (Wildman–Crippen LogP) is 3.33. The average molecular weight is 473 g/mol. The van der Waals surface area contributed by atoms with Crippen LogP contribution in [0.5, 0.6) is 0 Å². The molecule has 3 heterocycles. The van der Waals surface area contributed by atoms with Gasteiger partial charge in [0, 0.05) is 26.6 Å². The second-order valence-electron chi connectivity index (χ2n) is 9.83. The summed E-state index contributed by atoms with van der Waals surface area (Å²) in [5, 5.41) is 3.02. The largest absolute Gasteiger partial charge is 0.341 e. The van der Waals surface area contributed by atoms with Crippen LogP contribution in [0.25, 0.3) is 0 Å². The van der Waals surface area contributed by atoms with E-state index in [1.807, 2.05) is 61.2 Å². The van der Waals surface area contributed by atoms with Gasteiger partial charge in [0.25, 0.3) is 5.91 Å². The van der Waals surface area contributed by atoms with E-state index in [9.17, 15) is 14.4 Å². The van der Waals surface area contributed by atoms with Crippen molar-refractivity contribution in [2.75, 3.05) is 26.7 Å². The first kappa shape index (κ1) is 23.1. The van der Waals surface area contributed by atoms with Crippen molar-refractivity contribution in [1.29, 1.82) is 0 Å². The molecule has 0 aliphatic carbocycles. The Morgan fingerprint density at radius 3 is 2.46 bits per heavy atom. The topological polar surface area (TPSA) is 73.0 Å². The fourth-order valence-electron chi connectivity index (χ4n) is 5.54. The zero-order valence-corrected chi connectivity index (χ0v) is 20.6. The highest BCUT2D eigenvalue weighted by Gasteiger charge is 2.47. The number of aryl methyl sites for hydroxylation is 2. The number of likely N-dealkylation sites (tertiary alicyclic amines) is 1. The van der Waals surface area contributed by atoms with Crippen LogP contribution in [-0.4, -0.2) is 65.3 Å². The second kappa shape index (κ2) is 9.21. The van der Waals surface area contributed by atoms with E-state index in [1.54, 1.807) is 11.9 Å². The molecule has 5 rings (SSSR count). The molecule has 0 spiro atoms. The van der Waals surface area contributed by atoms with Gasteiger partial charge in [-0.25, -0.2) is 4.79 Å². The number of rotatable bonds is 5. The van der Waals surface area contributed by atoms with Gasteiger partial charge in [0.15, 0.2) is 0 Å². The molecule has 0 radical (unpaired) electrons. The summed E-state index contributed by atoms with van der Waals surface area (Å²) in [6.07, 6.45) is 2.42. The molecule has 1 fully saturated rings. The van der Waals surface area contributed by atoms with Crippen molar-refractivity contribution >= 4 is 17.8 Å². The second-order valence-corrected chi connectivity index (χ2v) is 9.83. The fourth-order valence-corrected chi connectivity index (χ4v) is 5.54. The van der Waals surface area contributed by atoms with Crippen LogP contribution in [0.4, 0.5) is 4.79 Å². The van der Waals surface area contributed by atoms with E-state index in [4.69, 9.17) is 0 Å². The van der Waals surface area contributed by atoms with E-state index in [0.29, 0.717) is 17.7 Å². The average Bonchev–Trinajstić information content (AvgIpc) is 3.49. The zero-order valence-electron chi connectivity index (χ0n) is 20.6. The number of nitrogens with zero attached hydrogens (tertiary/aromatic N) is 3. The van der Waals surface area contributed by atoms with Gasteiger partial charge in [0.05, 0.1) is 23.9 Å². The van der Waals surface area contributed by atoms with Gasteiger partial charge in [-0.05, 0) is 43.4 Å². The fraction of sp³-hybridized carbons (Fsp3) is 0.393. The highest BCUT2D eigenvalue weighted by molar-refractivity contribution is 6.03. The maximum Gasteiger partial charge on any atom is 0.322 e. The number of hydrogen-bond acceptors (Lipinski definition) is 3. The van der Waals surface area contributed by atoms with Gasteiger partial charge < -0.3 is 15.1 Å². The van der Waals surface area contributed by atoms with E-state index < -0.39 is 12.1 Å². The molecule has 2 aromatic carbocycles. The number of amides is 4. The van der Waals surface area contributed by atoms with Crippen molar-refractivity contribution in [2.45, 2.75) is 45.2 Å². The quantitative estimate of drug-likeness (QED) is 0.726. The minimum Gasteiger partial charge on any atom is -0.341 e. The summed E-state index contributed by atoms with van der Waals surface area (Å²) >= 11 is 0. The van der Waals surface area contributed by atoms with Crippen molar-refractivity contribution in [3.05, 3.63) is 82.1 Å². The molecule has 0 aromatic heterocycles. The van der Waals surface area contributed by atoms with Gasteiger partial charge in [0.1, 0.15) is 6.04 Å². The number of nitrogens with one attached hydrogen (secondary N) is 1. The Morgan fingerprint density at radius 1 is 1.06 bits per heavy atom. The minimum absolute atomic E-state index is 0.00967. The molecule has 7 nitrogen and oxygen atoms in total. The highest BCUT2D eigenvalue weighted by Crippen LogP contribution is 2.38. The van der Waals surface area contributed by atoms with Crippen LogP contribution in [0, 0.1) is 13.8 Å². The normalized spacial score (nSPS) is 20.9. The van der Waals surface area contributed by atoms with Crippen LogP contribution in [0.2, 0.25) is 0 Å². The third-order valence-electron chi connectivity index (χ3n) is 7.48. The summed E-state index contributed by atoms with van der Waals surface area (Å²) in [5.74, 6) is -0.185. The zero-order chi connectivity index (χ0) is 24.7. The maximum atomic E-state index is 14.0. The van der Waals surface area contributed by atoms with E-state index in [2.05, 4.69) is 11.4 Å². The standard InChI is InChI=1S/C28H32N4O3/c1-18-11-12-21(19(2)15-18)25-24-23(30(3)28(35)29-25)17-32(27(24)34)22(16-20-9-5-4-6-10-20)26(33)31-13-7-8-14-31/h4-6,9-12,15,22,25H,7-8,13-14,16-17H2,1-3H3,(H,29,35). The molecular formula is C28H32N4O3. The first-order chi connectivity index (χ1) is 16.8. The van der Waals surface area contributed by atoms with Crippen LogP contribution >= 0.6 is 0 Å². The lowest BCUT2D eigenvalue weighted by molar-refractivity contribution is -0.142. The molecule has 35 heavy (non-hydrogen) atoms. The van der Waals surface area contributed by atoms with E-state index >= 15 is 0 Å². The van der Waals surface area contributed by atoms with Crippen LogP contribution in [-0.2, 0) is 16.0 Å². The van der Waals surface area contributed by atoms with Crippen molar-refractivity contribution in [3.8, 4) is 0 Å². The Balaban J connectivity index is 1.52. The lowest BCUT2D eigenvalue weighted by Gasteiger charge is -2.31. The first-order valence-corrected chi connectivity index (χ1v) is 12.3. The Bertz CT molecular complexity index is 1200. The molecule has 0 saturated carbocycles. The number of hydrogen-bond donors (Lipinski definition) is 1. The molecule has 0 bridgehead atoms. The summed E-state index contributed by atoms with van der Waals surface area (Å²) in [4.78, 5) is 45.7. The van der Waals surface area contributed by atoms with Gasteiger partial charge in [-0.1, -0.05) is 54.1 Å². The van der Waals surface area contributed by atoms with E-state index in [-0.39, 0.29) is 24.4 Å². The third kappa shape index (κ3) is 4.20. The van der Waals surface area contributed by atoms with Crippen LogP contribution in [0.15, 0.2) is 59.8 Å². The summed E-state index contributed by atoms with van der Waals surface area (Å²) in [6.45, 7) is 5.72. The Morgan fingerprint density at radius 2 is 1.77 bits per heavy atom. The van der Waals surface area contributed by atoms with Crippen molar-refractivity contribution in [2.24, 2.45) is 0 Å². The number of benzene rings is 2.